The lowest BCUT2D eigenvalue weighted by Crippen LogP contribution is -2.34. The minimum Gasteiger partial charge on any atom is -0.314 e. The Morgan fingerprint density at radius 2 is 1.78 bits per heavy atom. The molecule has 0 aromatic heterocycles. The minimum absolute atomic E-state index is 0.00360. The molecular weight excluding hydrogens is 228 g/mol. The molecule has 3 aliphatic rings. The van der Waals surface area contributed by atoms with E-state index in [-0.39, 0.29) is 23.7 Å². The molecule has 2 unspecified atom stereocenters. The lowest BCUT2D eigenvalue weighted by molar-refractivity contribution is -0.140. The first kappa shape index (κ1) is 12.2. The molecule has 0 aromatic carbocycles. The van der Waals surface area contributed by atoms with E-state index >= 15 is 0 Å². The van der Waals surface area contributed by atoms with Crippen LogP contribution in [0.15, 0.2) is 0 Å². The van der Waals surface area contributed by atoms with E-state index in [4.69, 9.17) is 0 Å². The Labute approximate surface area is 108 Å². The molecule has 0 spiro atoms. The Morgan fingerprint density at radius 3 is 2.33 bits per heavy atom. The molecule has 0 aromatic rings. The van der Waals surface area contributed by atoms with Crippen LogP contribution in [0.4, 0.5) is 0 Å². The van der Waals surface area contributed by atoms with Gasteiger partial charge in [0.1, 0.15) is 0 Å². The molecule has 1 saturated heterocycles. The smallest absolute Gasteiger partial charge is 0.233 e. The van der Waals surface area contributed by atoms with Crippen LogP contribution in [0.25, 0.3) is 0 Å². The van der Waals surface area contributed by atoms with Crippen LogP contribution in [0.1, 0.15) is 39.0 Å². The van der Waals surface area contributed by atoms with Crippen LogP contribution in [-0.2, 0) is 9.59 Å². The number of carbonyl (C=O) groups excluding carboxylic acids is 2. The van der Waals surface area contributed by atoms with Crippen molar-refractivity contribution >= 4 is 11.8 Å². The zero-order valence-corrected chi connectivity index (χ0v) is 11.0. The predicted molar refractivity (Wildman–Crippen MR) is 67.7 cm³/mol. The number of fused-ring (bicyclic) bond motifs is 1. The van der Waals surface area contributed by atoms with Gasteiger partial charge in [0.25, 0.3) is 0 Å². The SMILES string of the molecule is CC1CC2C(=O)N(CCCNC3CC3)C(=O)C2C1. The van der Waals surface area contributed by atoms with Crippen molar-refractivity contribution in [2.75, 3.05) is 13.1 Å². The standard InChI is InChI=1S/C14H22N2O2/c1-9-7-11-12(8-9)14(18)16(13(11)17)6-2-5-15-10-3-4-10/h9-12,15H,2-8H2,1H3. The van der Waals surface area contributed by atoms with Crippen molar-refractivity contribution in [2.45, 2.75) is 45.1 Å². The third kappa shape index (κ3) is 2.18. The van der Waals surface area contributed by atoms with E-state index in [1.165, 1.54) is 17.7 Å². The fourth-order valence-electron chi connectivity index (χ4n) is 3.40. The second-order valence-corrected chi connectivity index (χ2v) is 6.20. The fourth-order valence-corrected chi connectivity index (χ4v) is 3.40. The number of likely N-dealkylation sites (tertiary alicyclic amines) is 1. The number of hydrogen-bond donors (Lipinski definition) is 1. The van der Waals surface area contributed by atoms with Gasteiger partial charge in [-0.3, -0.25) is 14.5 Å². The first-order valence-corrected chi connectivity index (χ1v) is 7.25. The van der Waals surface area contributed by atoms with E-state index in [1.807, 2.05) is 0 Å². The highest BCUT2D eigenvalue weighted by Crippen LogP contribution is 2.42. The van der Waals surface area contributed by atoms with Crippen molar-refractivity contribution in [2.24, 2.45) is 17.8 Å². The molecule has 2 amide bonds. The Kier molecular flexibility index (Phi) is 3.14. The van der Waals surface area contributed by atoms with Gasteiger partial charge in [0, 0.05) is 12.6 Å². The molecule has 4 heteroatoms. The highest BCUT2D eigenvalue weighted by molar-refractivity contribution is 6.05. The molecular formula is C14H22N2O2. The summed E-state index contributed by atoms with van der Waals surface area (Å²) in [6, 6.07) is 0.704. The maximum Gasteiger partial charge on any atom is 0.233 e. The normalized spacial score (nSPS) is 35.4. The van der Waals surface area contributed by atoms with Crippen molar-refractivity contribution in [1.82, 2.24) is 10.2 Å². The minimum atomic E-state index is 0.00360. The first-order valence-electron chi connectivity index (χ1n) is 7.25. The van der Waals surface area contributed by atoms with Crippen LogP contribution in [0.3, 0.4) is 0 Å². The molecule has 3 fully saturated rings. The van der Waals surface area contributed by atoms with Gasteiger partial charge in [-0.25, -0.2) is 0 Å². The maximum absolute atomic E-state index is 12.2. The Balaban J connectivity index is 1.50. The van der Waals surface area contributed by atoms with Crippen LogP contribution in [0.5, 0.6) is 0 Å². The molecule has 1 aliphatic heterocycles. The lowest BCUT2D eigenvalue weighted by atomic mass is 10.00. The highest BCUT2D eigenvalue weighted by atomic mass is 16.2. The summed E-state index contributed by atoms with van der Waals surface area (Å²) in [5, 5.41) is 3.42. The van der Waals surface area contributed by atoms with Gasteiger partial charge in [-0.15, -0.1) is 0 Å². The first-order chi connectivity index (χ1) is 8.66. The van der Waals surface area contributed by atoms with E-state index in [0.717, 1.165) is 25.8 Å². The van der Waals surface area contributed by atoms with Gasteiger partial charge in [0.05, 0.1) is 11.8 Å². The van der Waals surface area contributed by atoms with Crippen LogP contribution < -0.4 is 5.32 Å². The second kappa shape index (κ2) is 4.65. The number of nitrogens with zero attached hydrogens (tertiary/aromatic N) is 1. The summed E-state index contributed by atoms with van der Waals surface area (Å²) >= 11 is 0. The van der Waals surface area contributed by atoms with Crippen molar-refractivity contribution < 1.29 is 9.59 Å². The Hall–Kier alpha value is -0.900. The predicted octanol–water partition coefficient (Wildman–Crippen LogP) is 1.16. The van der Waals surface area contributed by atoms with Gasteiger partial charge < -0.3 is 5.32 Å². The van der Waals surface area contributed by atoms with Crippen molar-refractivity contribution in [1.29, 1.82) is 0 Å². The number of imide groups is 1. The monoisotopic (exact) mass is 250 g/mol. The molecule has 0 radical (unpaired) electrons. The summed E-state index contributed by atoms with van der Waals surface area (Å²) in [4.78, 5) is 25.9. The summed E-state index contributed by atoms with van der Waals surface area (Å²) in [7, 11) is 0. The zero-order chi connectivity index (χ0) is 12.7. The van der Waals surface area contributed by atoms with Crippen LogP contribution in [-0.4, -0.2) is 35.8 Å². The molecule has 3 rings (SSSR count). The van der Waals surface area contributed by atoms with Crippen molar-refractivity contribution in [3.8, 4) is 0 Å². The molecule has 2 atom stereocenters. The number of amides is 2. The van der Waals surface area contributed by atoms with Gasteiger partial charge >= 0.3 is 0 Å². The average molecular weight is 250 g/mol. The summed E-state index contributed by atoms with van der Waals surface area (Å²) in [6.45, 7) is 3.68. The Morgan fingerprint density at radius 1 is 1.17 bits per heavy atom. The van der Waals surface area contributed by atoms with Crippen LogP contribution in [0.2, 0.25) is 0 Å². The number of rotatable bonds is 5. The molecule has 4 nitrogen and oxygen atoms in total. The number of carbonyl (C=O) groups is 2. The zero-order valence-electron chi connectivity index (χ0n) is 11.0. The van der Waals surface area contributed by atoms with Crippen molar-refractivity contribution in [3.05, 3.63) is 0 Å². The van der Waals surface area contributed by atoms with Gasteiger partial charge in [-0.05, 0) is 44.6 Å². The van der Waals surface area contributed by atoms with E-state index in [9.17, 15) is 9.59 Å². The fraction of sp³-hybridized carbons (Fsp3) is 0.857. The molecule has 1 N–H and O–H groups in total. The van der Waals surface area contributed by atoms with Crippen molar-refractivity contribution in [3.63, 3.8) is 0 Å². The van der Waals surface area contributed by atoms with E-state index < -0.39 is 0 Å². The van der Waals surface area contributed by atoms with E-state index in [2.05, 4.69) is 12.2 Å². The maximum atomic E-state index is 12.2. The molecule has 18 heavy (non-hydrogen) atoms. The topological polar surface area (TPSA) is 49.4 Å². The largest absolute Gasteiger partial charge is 0.314 e. The average Bonchev–Trinajstić information content (AvgIpc) is 3.04. The van der Waals surface area contributed by atoms with Crippen LogP contribution in [0, 0.1) is 17.8 Å². The number of hydrogen-bond acceptors (Lipinski definition) is 3. The van der Waals surface area contributed by atoms with E-state index in [1.54, 1.807) is 0 Å². The van der Waals surface area contributed by atoms with Gasteiger partial charge in [0.2, 0.25) is 11.8 Å². The molecule has 1 heterocycles. The highest BCUT2D eigenvalue weighted by Gasteiger charge is 2.51. The lowest BCUT2D eigenvalue weighted by Gasteiger charge is -2.16. The van der Waals surface area contributed by atoms with Gasteiger partial charge in [-0.1, -0.05) is 6.92 Å². The number of nitrogens with one attached hydrogen (secondary N) is 1. The Bertz CT molecular complexity index is 341. The van der Waals surface area contributed by atoms with E-state index in [0.29, 0.717) is 18.5 Å². The summed E-state index contributed by atoms with van der Waals surface area (Å²) in [6.07, 6.45) is 5.27. The quantitative estimate of drug-likeness (QED) is 0.588. The van der Waals surface area contributed by atoms with Gasteiger partial charge in [-0.2, -0.15) is 0 Å². The molecule has 2 aliphatic carbocycles. The van der Waals surface area contributed by atoms with Gasteiger partial charge in [0.15, 0.2) is 0 Å². The summed E-state index contributed by atoms with van der Waals surface area (Å²) in [5.74, 6) is 0.737. The molecule has 100 valence electrons. The molecule has 2 saturated carbocycles. The molecule has 0 bridgehead atoms. The second-order valence-electron chi connectivity index (χ2n) is 6.20. The third-order valence-corrected chi connectivity index (χ3v) is 4.53. The van der Waals surface area contributed by atoms with Crippen LogP contribution >= 0.6 is 0 Å². The summed E-state index contributed by atoms with van der Waals surface area (Å²) < 4.78 is 0. The summed E-state index contributed by atoms with van der Waals surface area (Å²) in [5.41, 5.74) is 0. The third-order valence-electron chi connectivity index (χ3n) is 4.53.